The van der Waals surface area contributed by atoms with Gasteiger partial charge in [0, 0.05) is 18.3 Å². The van der Waals surface area contributed by atoms with Crippen LogP contribution in [0.2, 0.25) is 0 Å². The molecule has 0 radical (unpaired) electrons. The van der Waals surface area contributed by atoms with Crippen molar-refractivity contribution < 1.29 is 32.6 Å². The van der Waals surface area contributed by atoms with Crippen LogP contribution in [0.25, 0.3) is 0 Å². The predicted octanol–water partition coefficient (Wildman–Crippen LogP) is 4.46. The fourth-order valence-electron chi connectivity index (χ4n) is 3.26. The Bertz CT molecular complexity index is 800. The van der Waals surface area contributed by atoms with Crippen molar-refractivity contribution in [2.45, 2.75) is 58.5 Å². The smallest absolute Gasteiger partial charge is 0.407 e. The minimum absolute atomic E-state index is 0.0855. The number of alkyl halides is 3. The Kier molecular flexibility index (Phi) is 6.50. The second-order valence-electron chi connectivity index (χ2n) is 7.80. The Morgan fingerprint density at radius 3 is 2.41 bits per heavy atom. The van der Waals surface area contributed by atoms with Gasteiger partial charge < -0.3 is 20.1 Å². The molecular formula is C20H25F3N2O4. The number of nitrogens with one attached hydrogen (secondary N) is 1. The highest BCUT2D eigenvalue weighted by molar-refractivity contribution is 5.92. The molecule has 1 aromatic rings. The van der Waals surface area contributed by atoms with Crippen LogP contribution in [0.1, 0.15) is 39.7 Å². The number of anilines is 1. The number of carbonyl (C=O) groups excluding carboxylic acids is 1. The molecular weight excluding hydrogens is 389 g/mol. The number of rotatable bonds is 5. The Morgan fingerprint density at radius 1 is 1.24 bits per heavy atom. The molecule has 2 rings (SSSR count). The van der Waals surface area contributed by atoms with Crippen LogP contribution in [0.4, 0.5) is 23.7 Å². The molecule has 0 fully saturated rings. The largest absolute Gasteiger partial charge is 0.477 e. The molecule has 0 spiro atoms. The number of benzene rings is 1. The number of amides is 1. The number of alkyl carbamates (subject to hydrolysis) is 1. The first kappa shape index (κ1) is 22.6. The summed E-state index contributed by atoms with van der Waals surface area (Å²) < 4.78 is 45.4. The first-order valence-corrected chi connectivity index (χ1v) is 9.20. The second kappa shape index (κ2) is 8.34. The molecule has 1 amide bonds. The van der Waals surface area contributed by atoms with Crippen LogP contribution in [0.5, 0.6) is 0 Å². The lowest BCUT2D eigenvalue weighted by Gasteiger charge is -2.31. The summed E-state index contributed by atoms with van der Waals surface area (Å²) in [5, 5.41) is 12.0. The second-order valence-corrected chi connectivity index (χ2v) is 7.80. The third kappa shape index (κ3) is 5.65. The Morgan fingerprint density at radius 2 is 1.90 bits per heavy atom. The van der Waals surface area contributed by atoms with E-state index in [4.69, 9.17) is 4.74 Å². The van der Waals surface area contributed by atoms with Gasteiger partial charge in [-0.05, 0) is 51.0 Å². The average molecular weight is 414 g/mol. The van der Waals surface area contributed by atoms with Gasteiger partial charge in [-0.1, -0.05) is 19.1 Å². The van der Waals surface area contributed by atoms with Gasteiger partial charge in [0.2, 0.25) is 0 Å². The fraction of sp³-hybridized carbons (Fsp3) is 0.500. The molecule has 9 heteroatoms. The van der Waals surface area contributed by atoms with Crippen molar-refractivity contribution in [1.29, 1.82) is 0 Å². The normalized spacial score (nSPS) is 19.7. The molecule has 0 bridgehead atoms. The summed E-state index contributed by atoms with van der Waals surface area (Å²) in [5.41, 5.74) is -0.149. The van der Waals surface area contributed by atoms with Crippen molar-refractivity contribution in [3.05, 3.63) is 41.6 Å². The van der Waals surface area contributed by atoms with Gasteiger partial charge in [-0.2, -0.15) is 13.2 Å². The van der Waals surface area contributed by atoms with Gasteiger partial charge in [0.05, 0.1) is 5.92 Å². The van der Waals surface area contributed by atoms with Crippen LogP contribution in [-0.4, -0.2) is 35.0 Å². The number of hydrogen-bond acceptors (Lipinski definition) is 4. The minimum Gasteiger partial charge on any atom is -0.477 e. The number of hydrogen-bond donors (Lipinski definition) is 2. The number of ether oxygens (including phenoxy) is 1. The van der Waals surface area contributed by atoms with Crippen LogP contribution in [0, 0.1) is 5.92 Å². The number of nitrogens with zero attached hydrogens (tertiary/aromatic N) is 1. The molecule has 2 unspecified atom stereocenters. The molecule has 2 atom stereocenters. The molecule has 1 aliphatic heterocycles. The maximum Gasteiger partial charge on any atom is 0.407 e. The Labute approximate surface area is 167 Å². The fourth-order valence-corrected chi connectivity index (χ4v) is 3.26. The van der Waals surface area contributed by atoms with E-state index in [1.807, 2.05) is 0 Å². The zero-order valence-corrected chi connectivity index (χ0v) is 16.7. The number of aliphatic carboxylic acids is 1. The third-order valence-electron chi connectivity index (χ3n) is 4.38. The summed E-state index contributed by atoms with van der Waals surface area (Å²) in [6.45, 7) is 6.85. The van der Waals surface area contributed by atoms with Crippen molar-refractivity contribution in [3.8, 4) is 0 Å². The van der Waals surface area contributed by atoms with Crippen molar-refractivity contribution in [3.63, 3.8) is 0 Å². The first-order valence-electron chi connectivity index (χ1n) is 9.20. The van der Waals surface area contributed by atoms with E-state index < -0.39 is 41.5 Å². The summed E-state index contributed by atoms with van der Waals surface area (Å²) in [5.74, 6) is -3.30. The van der Waals surface area contributed by atoms with Crippen LogP contribution in [0.3, 0.4) is 0 Å². The van der Waals surface area contributed by atoms with Crippen LogP contribution >= 0.6 is 0 Å². The molecule has 0 saturated heterocycles. The van der Waals surface area contributed by atoms with Gasteiger partial charge >= 0.3 is 18.2 Å². The number of carboxylic acids is 1. The molecule has 0 aliphatic carbocycles. The van der Waals surface area contributed by atoms with Crippen molar-refractivity contribution in [2.24, 2.45) is 5.92 Å². The van der Waals surface area contributed by atoms with Crippen molar-refractivity contribution >= 4 is 17.7 Å². The van der Waals surface area contributed by atoms with Gasteiger partial charge in [-0.3, -0.25) is 0 Å². The zero-order valence-electron chi connectivity index (χ0n) is 16.7. The lowest BCUT2D eigenvalue weighted by molar-refractivity contribution is -0.164. The highest BCUT2D eigenvalue weighted by Crippen LogP contribution is 2.42. The third-order valence-corrected chi connectivity index (χ3v) is 4.38. The van der Waals surface area contributed by atoms with Gasteiger partial charge in [0.25, 0.3) is 0 Å². The summed E-state index contributed by atoms with van der Waals surface area (Å²) in [4.78, 5) is 24.6. The summed E-state index contributed by atoms with van der Waals surface area (Å²) in [6.07, 6.45) is -4.30. The molecule has 160 valence electrons. The van der Waals surface area contributed by atoms with Crippen molar-refractivity contribution in [2.75, 3.05) is 4.90 Å². The van der Waals surface area contributed by atoms with Crippen LogP contribution in [0.15, 0.2) is 36.0 Å². The molecule has 2 N–H and O–H groups in total. The summed E-state index contributed by atoms with van der Waals surface area (Å²) in [7, 11) is 0. The topological polar surface area (TPSA) is 78.9 Å². The SMILES string of the molecule is CCC1C(C(F)(F)F)C=C(C(=O)O)N1c1cccc(CNC(=O)OC(C)(C)C)c1. The molecule has 1 aliphatic rings. The predicted molar refractivity (Wildman–Crippen MR) is 101 cm³/mol. The highest BCUT2D eigenvalue weighted by Gasteiger charge is 2.50. The number of carbonyl (C=O) groups is 2. The van der Waals surface area contributed by atoms with E-state index in [1.54, 1.807) is 52.0 Å². The van der Waals surface area contributed by atoms with E-state index in [9.17, 15) is 27.9 Å². The quantitative estimate of drug-likeness (QED) is 0.744. The van der Waals surface area contributed by atoms with Gasteiger partial charge in [-0.15, -0.1) is 0 Å². The van der Waals surface area contributed by atoms with Crippen LogP contribution in [-0.2, 0) is 16.1 Å². The molecule has 1 aromatic carbocycles. The maximum absolute atomic E-state index is 13.4. The molecule has 0 aromatic heterocycles. The number of carboxylic acid groups (broad SMARTS) is 1. The minimum atomic E-state index is -4.55. The molecule has 6 nitrogen and oxygen atoms in total. The first-order chi connectivity index (χ1) is 13.3. The maximum atomic E-state index is 13.4. The standard InChI is InChI=1S/C20H25F3N2O4/c1-5-15-14(20(21,22)23)10-16(17(26)27)25(15)13-8-6-7-12(9-13)11-24-18(28)29-19(2,3)4/h6-10,14-15H,5,11H2,1-4H3,(H,24,28)(H,26,27). The van der Waals surface area contributed by atoms with Gasteiger partial charge in [0.1, 0.15) is 11.3 Å². The monoisotopic (exact) mass is 414 g/mol. The zero-order chi connectivity index (χ0) is 22.0. The number of halogens is 3. The highest BCUT2D eigenvalue weighted by atomic mass is 19.4. The average Bonchev–Trinajstić information content (AvgIpc) is 2.99. The molecule has 1 heterocycles. The van der Waals surface area contributed by atoms with E-state index in [0.717, 1.165) is 6.08 Å². The van der Waals surface area contributed by atoms with Crippen molar-refractivity contribution in [1.82, 2.24) is 5.32 Å². The van der Waals surface area contributed by atoms with Gasteiger partial charge in [0.15, 0.2) is 0 Å². The summed E-state index contributed by atoms with van der Waals surface area (Å²) in [6, 6.07) is 5.35. The van der Waals surface area contributed by atoms with E-state index >= 15 is 0 Å². The van der Waals surface area contributed by atoms with Crippen LogP contribution < -0.4 is 10.2 Å². The lowest BCUT2D eigenvalue weighted by Crippen LogP contribution is -2.40. The van der Waals surface area contributed by atoms with E-state index in [2.05, 4.69) is 5.32 Å². The Hall–Kier alpha value is -2.71. The lowest BCUT2D eigenvalue weighted by atomic mass is 9.98. The molecule has 0 saturated carbocycles. The van der Waals surface area contributed by atoms with Gasteiger partial charge in [-0.25, -0.2) is 9.59 Å². The Balaban J connectivity index is 2.26. The summed E-state index contributed by atoms with van der Waals surface area (Å²) >= 11 is 0. The van der Waals surface area contributed by atoms with E-state index in [0.29, 0.717) is 11.3 Å². The molecule has 29 heavy (non-hydrogen) atoms. The van der Waals surface area contributed by atoms with E-state index in [1.165, 1.54) is 4.90 Å². The van der Waals surface area contributed by atoms with E-state index in [-0.39, 0.29) is 13.0 Å².